The molecule has 0 heterocycles. The summed E-state index contributed by atoms with van der Waals surface area (Å²) in [4.78, 5) is 25.6. The zero-order valence-corrected chi connectivity index (χ0v) is 14.2. The summed E-state index contributed by atoms with van der Waals surface area (Å²) in [5.74, 6) is -1.26. The maximum atomic E-state index is 12.8. The molecule has 130 valence electrons. The molecule has 0 aliphatic heterocycles. The van der Waals surface area contributed by atoms with Crippen molar-refractivity contribution in [3.63, 3.8) is 0 Å². The van der Waals surface area contributed by atoms with Crippen LogP contribution < -0.4 is 0 Å². The van der Waals surface area contributed by atoms with Crippen LogP contribution in [0.5, 0.6) is 0 Å². The maximum Gasteiger partial charge on any atom is 0.331 e. The Labute approximate surface area is 146 Å². The topological polar surface area (TPSA) is 46.6 Å². The number of rotatable bonds is 6. The van der Waals surface area contributed by atoms with Crippen molar-refractivity contribution in [2.45, 2.75) is 19.6 Å². The molecule has 0 fully saturated rings. The highest BCUT2D eigenvalue weighted by molar-refractivity contribution is 5.90. The van der Waals surface area contributed by atoms with E-state index in [-0.39, 0.29) is 11.7 Å². The van der Waals surface area contributed by atoms with E-state index in [2.05, 4.69) is 0 Å². The Morgan fingerprint density at radius 2 is 1.76 bits per heavy atom. The Kier molecular flexibility index (Phi) is 6.46. The van der Waals surface area contributed by atoms with Gasteiger partial charge >= 0.3 is 5.97 Å². The van der Waals surface area contributed by atoms with E-state index < -0.39 is 12.1 Å². The standard InChI is InChI=1S/C20H20FNO3/c1-15(20(24)22(2)14-17-6-4-3-5-7-17)25-19(23)13-10-16-8-11-18(21)12-9-16/h3-13,15H,14H2,1-2H3/b13-10+/t15-/m1/s1. The lowest BCUT2D eigenvalue weighted by Crippen LogP contribution is -2.36. The average molecular weight is 341 g/mol. The summed E-state index contributed by atoms with van der Waals surface area (Å²) in [6, 6.07) is 15.2. The van der Waals surface area contributed by atoms with Crippen molar-refractivity contribution in [3.05, 3.63) is 77.6 Å². The molecule has 0 aliphatic rings. The Balaban J connectivity index is 1.87. The average Bonchev–Trinajstić information content (AvgIpc) is 2.61. The zero-order chi connectivity index (χ0) is 18.2. The number of amides is 1. The molecule has 25 heavy (non-hydrogen) atoms. The van der Waals surface area contributed by atoms with Gasteiger partial charge in [0.2, 0.25) is 0 Å². The van der Waals surface area contributed by atoms with Crippen LogP contribution in [0.4, 0.5) is 4.39 Å². The van der Waals surface area contributed by atoms with Crippen molar-refractivity contribution in [2.24, 2.45) is 0 Å². The van der Waals surface area contributed by atoms with Gasteiger partial charge in [-0.2, -0.15) is 0 Å². The molecule has 0 saturated carbocycles. The van der Waals surface area contributed by atoms with Gasteiger partial charge in [-0.15, -0.1) is 0 Å². The largest absolute Gasteiger partial charge is 0.449 e. The van der Waals surface area contributed by atoms with Gasteiger partial charge in [-0.3, -0.25) is 4.79 Å². The zero-order valence-electron chi connectivity index (χ0n) is 14.2. The fourth-order valence-electron chi connectivity index (χ4n) is 2.25. The molecular weight excluding hydrogens is 321 g/mol. The first-order valence-corrected chi connectivity index (χ1v) is 7.89. The van der Waals surface area contributed by atoms with Crippen LogP contribution in [0.3, 0.4) is 0 Å². The van der Waals surface area contributed by atoms with E-state index in [0.717, 1.165) is 5.56 Å². The van der Waals surface area contributed by atoms with E-state index >= 15 is 0 Å². The third kappa shape index (κ3) is 5.88. The van der Waals surface area contributed by atoms with Gasteiger partial charge in [0.05, 0.1) is 0 Å². The highest BCUT2D eigenvalue weighted by Gasteiger charge is 2.20. The summed E-state index contributed by atoms with van der Waals surface area (Å²) in [7, 11) is 1.66. The summed E-state index contributed by atoms with van der Waals surface area (Å²) >= 11 is 0. The molecule has 0 aliphatic carbocycles. The predicted molar refractivity (Wildman–Crippen MR) is 93.9 cm³/mol. The van der Waals surface area contributed by atoms with Crippen LogP contribution >= 0.6 is 0 Å². The quantitative estimate of drug-likeness (QED) is 0.597. The minimum absolute atomic E-state index is 0.285. The molecule has 5 heteroatoms. The molecule has 0 bridgehead atoms. The molecule has 1 amide bonds. The molecule has 0 spiro atoms. The molecule has 2 aromatic carbocycles. The molecule has 0 aromatic heterocycles. The molecule has 2 aromatic rings. The van der Waals surface area contributed by atoms with E-state index in [4.69, 9.17) is 4.74 Å². The summed E-state index contributed by atoms with van der Waals surface area (Å²) < 4.78 is 17.9. The minimum Gasteiger partial charge on any atom is -0.449 e. The first-order valence-electron chi connectivity index (χ1n) is 7.89. The summed E-state index contributed by atoms with van der Waals surface area (Å²) in [6.07, 6.45) is 1.83. The number of halogens is 1. The smallest absolute Gasteiger partial charge is 0.331 e. The van der Waals surface area contributed by atoms with Crippen molar-refractivity contribution in [3.8, 4) is 0 Å². The molecule has 0 radical (unpaired) electrons. The van der Waals surface area contributed by atoms with Crippen LogP contribution in [0.25, 0.3) is 6.08 Å². The number of nitrogens with zero attached hydrogens (tertiary/aromatic N) is 1. The monoisotopic (exact) mass is 341 g/mol. The molecule has 0 unspecified atom stereocenters. The molecule has 0 N–H and O–H groups in total. The first-order chi connectivity index (χ1) is 12.0. The lowest BCUT2D eigenvalue weighted by Gasteiger charge is -2.21. The number of carbonyl (C=O) groups is 2. The minimum atomic E-state index is -0.890. The maximum absolute atomic E-state index is 12.8. The summed E-state index contributed by atoms with van der Waals surface area (Å²) in [5, 5.41) is 0. The molecule has 4 nitrogen and oxygen atoms in total. The lowest BCUT2D eigenvalue weighted by atomic mass is 10.2. The Bertz CT molecular complexity index is 741. The van der Waals surface area contributed by atoms with E-state index in [9.17, 15) is 14.0 Å². The fraction of sp³-hybridized carbons (Fsp3) is 0.200. The van der Waals surface area contributed by atoms with Crippen molar-refractivity contribution >= 4 is 18.0 Å². The van der Waals surface area contributed by atoms with Crippen molar-refractivity contribution in [2.75, 3.05) is 7.05 Å². The number of likely N-dealkylation sites (N-methyl/N-ethyl adjacent to an activating group) is 1. The number of hydrogen-bond donors (Lipinski definition) is 0. The third-order valence-electron chi connectivity index (χ3n) is 3.56. The third-order valence-corrected chi connectivity index (χ3v) is 3.56. The number of benzene rings is 2. The van der Waals surface area contributed by atoms with Crippen molar-refractivity contribution < 1.29 is 18.7 Å². The van der Waals surface area contributed by atoms with Gasteiger partial charge in [-0.25, -0.2) is 9.18 Å². The molecular formula is C20H20FNO3. The fourth-order valence-corrected chi connectivity index (χ4v) is 2.25. The van der Waals surface area contributed by atoms with Gasteiger partial charge in [0.25, 0.3) is 5.91 Å². The van der Waals surface area contributed by atoms with Crippen LogP contribution in [0.2, 0.25) is 0 Å². The highest BCUT2D eigenvalue weighted by Crippen LogP contribution is 2.08. The second kappa shape index (κ2) is 8.78. The van der Waals surface area contributed by atoms with Gasteiger partial charge in [0.1, 0.15) is 5.82 Å². The van der Waals surface area contributed by atoms with Crippen LogP contribution in [0, 0.1) is 5.82 Å². The lowest BCUT2D eigenvalue weighted by molar-refractivity contribution is -0.154. The van der Waals surface area contributed by atoms with E-state index in [1.807, 2.05) is 30.3 Å². The van der Waals surface area contributed by atoms with Crippen LogP contribution in [0.15, 0.2) is 60.7 Å². The van der Waals surface area contributed by atoms with Crippen molar-refractivity contribution in [1.82, 2.24) is 4.90 Å². The van der Waals surface area contributed by atoms with Gasteiger partial charge in [0, 0.05) is 19.7 Å². The number of carbonyl (C=O) groups excluding carboxylic acids is 2. The molecule has 2 rings (SSSR count). The van der Waals surface area contributed by atoms with E-state index in [1.165, 1.54) is 36.1 Å². The molecule has 1 atom stereocenters. The normalized spacial score (nSPS) is 12.0. The second-order valence-corrected chi connectivity index (χ2v) is 5.64. The first kappa shape index (κ1) is 18.4. The van der Waals surface area contributed by atoms with E-state index in [1.54, 1.807) is 19.2 Å². The Hall–Kier alpha value is -2.95. The van der Waals surface area contributed by atoms with Crippen molar-refractivity contribution in [1.29, 1.82) is 0 Å². The predicted octanol–water partition coefficient (Wildman–Crippen LogP) is 3.43. The van der Waals surface area contributed by atoms with Gasteiger partial charge in [-0.05, 0) is 36.3 Å². The summed E-state index contributed by atoms with van der Waals surface area (Å²) in [5.41, 5.74) is 1.66. The van der Waals surface area contributed by atoms with Crippen LogP contribution in [-0.2, 0) is 20.9 Å². The SMILES string of the molecule is C[C@@H](OC(=O)/C=C/c1ccc(F)cc1)C(=O)N(C)Cc1ccccc1. The Morgan fingerprint density at radius 3 is 2.40 bits per heavy atom. The number of ether oxygens (including phenoxy) is 1. The second-order valence-electron chi connectivity index (χ2n) is 5.64. The van der Waals surface area contributed by atoms with Gasteiger partial charge < -0.3 is 9.64 Å². The Morgan fingerprint density at radius 1 is 1.12 bits per heavy atom. The van der Waals surface area contributed by atoms with E-state index in [0.29, 0.717) is 12.1 Å². The highest BCUT2D eigenvalue weighted by atomic mass is 19.1. The summed E-state index contributed by atoms with van der Waals surface area (Å²) in [6.45, 7) is 1.97. The van der Waals surface area contributed by atoms with Gasteiger partial charge in [0.15, 0.2) is 6.10 Å². The van der Waals surface area contributed by atoms with Crippen LogP contribution in [-0.4, -0.2) is 29.9 Å². The van der Waals surface area contributed by atoms with Crippen LogP contribution in [0.1, 0.15) is 18.1 Å². The molecule has 0 saturated heterocycles. The number of hydrogen-bond acceptors (Lipinski definition) is 3. The number of esters is 1. The van der Waals surface area contributed by atoms with Gasteiger partial charge in [-0.1, -0.05) is 42.5 Å².